The van der Waals surface area contributed by atoms with Crippen LogP contribution in [0, 0.1) is 13.8 Å². The molecule has 2 N–H and O–H groups in total. The van der Waals surface area contributed by atoms with Crippen LogP contribution in [0.4, 0.5) is 23.1 Å². The number of halogens is 2. The molecule has 0 aliphatic rings. The van der Waals surface area contributed by atoms with Crippen molar-refractivity contribution in [2.75, 3.05) is 10.6 Å². The highest BCUT2D eigenvalue weighted by Crippen LogP contribution is 2.28. The fourth-order valence-corrected chi connectivity index (χ4v) is 2.90. The lowest BCUT2D eigenvalue weighted by Crippen LogP contribution is -3.00. The molecule has 0 saturated heterocycles. The molecule has 1 aromatic heterocycles. The smallest absolute Gasteiger partial charge is 1.00 e. The van der Waals surface area contributed by atoms with Crippen LogP contribution in [0.15, 0.2) is 72.8 Å². The summed E-state index contributed by atoms with van der Waals surface area (Å²) in [7, 11) is 0. The number of hydrogen-bond acceptors (Lipinski definition) is 4. The third-order valence-electron chi connectivity index (χ3n) is 4.39. The molecule has 0 amide bonds. The van der Waals surface area contributed by atoms with Gasteiger partial charge in [-0.2, -0.15) is 4.98 Å². The number of anilines is 4. The van der Waals surface area contributed by atoms with Gasteiger partial charge < -0.3 is 23.0 Å². The standard InChI is InChI=1S/C22H20N4.2ClH/c1-15-9-3-6-12-18(15)23-21-17-11-5-8-14-20(17)25-22(26-21)24-19-13-7-4-10-16(19)2;;/h3-14H,1-2H3,(H2,23,24,25,26);2*1H. The van der Waals surface area contributed by atoms with E-state index in [2.05, 4.69) is 47.7 Å². The number of aromatic nitrogens is 2. The maximum absolute atomic E-state index is 4.74. The quantitative estimate of drug-likeness (QED) is 0.539. The van der Waals surface area contributed by atoms with Gasteiger partial charge in [-0.05, 0) is 49.2 Å². The van der Waals surface area contributed by atoms with Gasteiger partial charge in [0.05, 0.1) is 5.52 Å². The topological polar surface area (TPSA) is 49.8 Å². The molecule has 0 aliphatic carbocycles. The van der Waals surface area contributed by atoms with Crippen molar-refractivity contribution in [1.82, 2.24) is 9.97 Å². The van der Waals surface area contributed by atoms with Crippen LogP contribution in [-0.4, -0.2) is 9.97 Å². The number of benzene rings is 3. The van der Waals surface area contributed by atoms with Crippen molar-refractivity contribution < 1.29 is 13.8 Å². The van der Waals surface area contributed by atoms with E-state index < -0.39 is 0 Å². The van der Waals surface area contributed by atoms with Crippen molar-refractivity contribution >= 4 is 46.5 Å². The molecule has 28 heavy (non-hydrogen) atoms. The Morgan fingerprint density at radius 3 is 1.86 bits per heavy atom. The van der Waals surface area contributed by atoms with Crippen LogP contribution in [-0.2, 0) is 0 Å². The minimum absolute atomic E-state index is 0. The van der Waals surface area contributed by atoms with Gasteiger partial charge in [0.2, 0.25) is 5.95 Å². The second-order valence-corrected chi connectivity index (χ2v) is 6.29. The maximum Gasteiger partial charge on any atom is 1.00 e. The average Bonchev–Trinajstić information content (AvgIpc) is 2.65. The summed E-state index contributed by atoms with van der Waals surface area (Å²) in [5.74, 6) is 1.37. The Hall–Kier alpha value is -2.82. The first-order valence-corrected chi connectivity index (χ1v) is 8.63. The van der Waals surface area contributed by atoms with Crippen LogP contribution in [0.1, 0.15) is 12.6 Å². The molecule has 4 rings (SSSR count). The van der Waals surface area contributed by atoms with Crippen LogP contribution in [0.25, 0.3) is 10.9 Å². The molecular weight excluding hydrogens is 391 g/mol. The molecule has 0 aliphatic heterocycles. The molecule has 4 nitrogen and oxygen atoms in total. The summed E-state index contributed by atoms with van der Waals surface area (Å²) in [6, 6.07) is 24.3. The number of fused-ring (bicyclic) bond motifs is 1. The number of nitrogens with zero attached hydrogens (tertiary/aromatic N) is 2. The Kier molecular flexibility index (Phi) is 7.21. The van der Waals surface area contributed by atoms with E-state index in [0.717, 1.165) is 33.7 Å². The van der Waals surface area contributed by atoms with E-state index in [1.807, 2.05) is 54.6 Å². The maximum atomic E-state index is 4.74. The van der Waals surface area contributed by atoms with E-state index in [-0.39, 0.29) is 26.2 Å². The lowest BCUT2D eigenvalue weighted by Gasteiger charge is -2.14. The molecule has 0 spiro atoms. The molecule has 1 heterocycles. The lowest BCUT2D eigenvalue weighted by molar-refractivity contribution is -0.00000555. The van der Waals surface area contributed by atoms with E-state index in [9.17, 15) is 0 Å². The molecule has 0 bridgehead atoms. The summed E-state index contributed by atoms with van der Waals surface area (Å²) in [5.41, 5.74) is 5.26. The largest absolute Gasteiger partial charge is 1.00 e. The van der Waals surface area contributed by atoms with Gasteiger partial charge in [0.25, 0.3) is 0 Å². The van der Waals surface area contributed by atoms with E-state index in [1.54, 1.807) is 0 Å². The number of rotatable bonds is 4. The molecule has 144 valence electrons. The van der Waals surface area contributed by atoms with Crippen LogP contribution >= 0.6 is 12.4 Å². The third kappa shape index (κ3) is 4.53. The van der Waals surface area contributed by atoms with Gasteiger partial charge in [0.1, 0.15) is 5.82 Å². The molecular formula is C22H22Cl2N4. The average molecular weight is 413 g/mol. The highest BCUT2D eigenvalue weighted by atomic mass is 35.5. The Balaban J connectivity index is 0.00000140. The first-order valence-electron chi connectivity index (χ1n) is 8.63. The van der Waals surface area contributed by atoms with Crippen molar-refractivity contribution in [1.29, 1.82) is 0 Å². The van der Waals surface area contributed by atoms with Gasteiger partial charge in [0, 0.05) is 16.8 Å². The summed E-state index contributed by atoms with van der Waals surface area (Å²) in [5, 5.41) is 7.80. The summed E-state index contributed by atoms with van der Waals surface area (Å²) >= 11 is 0. The number of aryl methyl sites for hydroxylation is 2. The Morgan fingerprint density at radius 1 is 0.679 bits per heavy atom. The van der Waals surface area contributed by atoms with E-state index >= 15 is 0 Å². The first kappa shape index (κ1) is 21.5. The van der Waals surface area contributed by atoms with Crippen molar-refractivity contribution in [3.63, 3.8) is 0 Å². The van der Waals surface area contributed by atoms with Gasteiger partial charge in [0.15, 0.2) is 0 Å². The highest BCUT2D eigenvalue weighted by Gasteiger charge is 2.09. The van der Waals surface area contributed by atoms with E-state index in [1.165, 1.54) is 5.56 Å². The lowest BCUT2D eigenvalue weighted by atomic mass is 10.2. The van der Waals surface area contributed by atoms with Gasteiger partial charge in [-0.1, -0.05) is 48.5 Å². The first-order chi connectivity index (χ1) is 12.7. The number of hydrogen-bond donors (Lipinski definition) is 2. The highest BCUT2D eigenvalue weighted by molar-refractivity contribution is 5.92. The Morgan fingerprint density at radius 2 is 1.21 bits per heavy atom. The van der Waals surface area contributed by atoms with Crippen molar-refractivity contribution in [2.24, 2.45) is 0 Å². The molecule has 4 aromatic rings. The number of nitrogens with one attached hydrogen (secondary N) is 2. The number of para-hydroxylation sites is 3. The minimum atomic E-state index is 0. The molecule has 3 aromatic carbocycles. The van der Waals surface area contributed by atoms with E-state index in [4.69, 9.17) is 4.98 Å². The summed E-state index contributed by atoms with van der Waals surface area (Å²) < 4.78 is 0. The second-order valence-electron chi connectivity index (χ2n) is 6.29. The monoisotopic (exact) mass is 412 g/mol. The molecule has 6 heteroatoms. The van der Waals surface area contributed by atoms with Gasteiger partial charge in [-0.15, -0.1) is 12.4 Å². The van der Waals surface area contributed by atoms with Gasteiger partial charge in [-0.25, -0.2) is 4.98 Å². The summed E-state index contributed by atoms with van der Waals surface area (Å²) in [6.07, 6.45) is 0. The summed E-state index contributed by atoms with van der Waals surface area (Å²) in [4.78, 5) is 9.41. The Bertz CT molecular complexity index is 1090. The van der Waals surface area contributed by atoms with E-state index in [0.29, 0.717) is 5.95 Å². The molecule has 0 unspecified atom stereocenters. The second kappa shape index (κ2) is 9.40. The zero-order chi connectivity index (χ0) is 17.9. The van der Waals surface area contributed by atoms with Crippen LogP contribution < -0.4 is 23.0 Å². The van der Waals surface area contributed by atoms with Crippen LogP contribution in [0.5, 0.6) is 0 Å². The summed E-state index contributed by atoms with van der Waals surface area (Å²) in [6.45, 7) is 4.15. The zero-order valence-electron chi connectivity index (χ0n) is 16.6. The fraction of sp³-hybridized carbons (Fsp3) is 0.0909. The van der Waals surface area contributed by atoms with Gasteiger partial charge in [-0.3, -0.25) is 0 Å². The predicted molar refractivity (Wildman–Crippen MR) is 117 cm³/mol. The van der Waals surface area contributed by atoms with Crippen molar-refractivity contribution in [3.8, 4) is 0 Å². The third-order valence-corrected chi connectivity index (χ3v) is 4.39. The Labute approximate surface area is 178 Å². The predicted octanol–water partition coefficient (Wildman–Crippen LogP) is 3.27. The molecule has 0 radical (unpaired) electrons. The van der Waals surface area contributed by atoms with Crippen LogP contribution in [0.3, 0.4) is 0 Å². The van der Waals surface area contributed by atoms with Gasteiger partial charge >= 0.3 is 1.43 Å². The molecule has 0 atom stereocenters. The molecule has 0 saturated carbocycles. The zero-order valence-corrected chi connectivity index (χ0v) is 17.2. The normalized spacial score (nSPS) is 9.93. The minimum Gasteiger partial charge on any atom is -1.00 e. The van der Waals surface area contributed by atoms with Crippen molar-refractivity contribution in [2.45, 2.75) is 13.8 Å². The van der Waals surface area contributed by atoms with Crippen molar-refractivity contribution in [3.05, 3.63) is 83.9 Å². The molecule has 0 fully saturated rings. The fourth-order valence-electron chi connectivity index (χ4n) is 2.90. The van der Waals surface area contributed by atoms with Crippen LogP contribution in [0.2, 0.25) is 0 Å². The SMILES string of the molecule is Cc1ccccc1Nc1nc(Nc2ccccc2C)c2ccccc2n1.Cl.[Cl-].[H+].